The Balaban J connectivity index is 1.71. The Morgan fingerprint density at radius 3 is 2.58 bits per heavy atom. The third-order valence-corrected chi connectivity index (χ3v) is 5.84. The summed E-state index contributed by atoms with van der Waals surface area (Å²) < 4.78 is 17.2. The van der Waals surface area contributed by atoms with Crippen molar-refractivity contribution in [3.05, 3.63) is 76.8 Å². The number of hydrogen-bond acceptors (Lipinski definition) is 6. The van der Waals surface area contributed by atoms with Crippen molar-refractivity contribution in [3.63, 3.8) is 0 Å². The molecule has 1 aliphatic carbocycles. The maximum atomic E-state index is 13.4. The van der Waals surface area contributed by atoms with Crippen molar-refractivity contribution in [2.24, 2.45) is 0 Å². The molecule has 0 saturated heterocycles. The minimum absolute atomic E-state index is 0.0856. The summed E-state index contributed by atoms with van der Waals surface area (Å²) in [5.41, 5.74) is 1.30. The van der Waals surface area contributed by atoms with Gasteiger partial charge in [-0.05, 0) is 54.2 Å². The maximum Gasteiger partial charge on any atom is 0.276 e. The Morgan fingerprint density at radius 1 is 1.16 bits per heavy atom. The first kappa shape index (κ1) is 21.0. The van der Waals surface area contributed by atoms with Gasteiger partial charge >= 0.3 is 0 Å². The van der Waals surface area contributed by atoms with Crippen molar-refractivity contribution in [2.75, 3.05) is 0 Å². The fraction of sp³-hybridized carbons (Fsp3) is 0.318. The monoisotopic (exact) mass is 439 g/mol. The van der Waals surface area contributed by atoms with Crippen molar-refractivity contribution in [3.8, 4) is 0 Å². The average Bonchev–Trinajstić information content (AvgIpc) is 3.49. The molecule has 7 nitrogen and oxygen atoms in total. The smallest absolute Gasteiger partial charge is 0.276 e. The topological polar surface area (TPSA) is 88.1 Å². The Labute approximate surface area is 183 Å². The predicted octanol–water partition coefficient (Wildman–Crippen LogP) is 3.51. The van der Waals surface area contributed by atoms with Crippen LogP contribution >= 0.6 is 11.5 Å². The molecule has 1 atom stereocenters. The summed E-state index contributed by atoms with van der Waals surface area (Å²) in [5.74, 6) is -1.09. The summed E-state index contributed by atoms with van der Waals surface area (Å²) >= 11 is 1.06. The molecule has 2 heterocycles. The van der Waals surface area contributed by atoms with Crippen molar-refractivity contribution >= 4 is 23.3 Å². The van der Waals surface area contributed by atoms with Gasteiger partial charge in [-0.25, -0.2) is 4.39 Å². The van der Waals surface area contributed by atoms with E-state index < -0.39 is 11.9 Å². The zero-order chi connectivity index (χ0) is 21.6. The third-order valence-electron chi connectivity index (χ3n) is 5.34. The summed E-state index contributed by atoms with van der Waals surface area (Å²) in [7, 11) is 0. The fourth-order valence-corrected chi connectivity index (χ4v) is 4.23. The molecular weight excluding hydrogens is 417 g/mol. The highest BCUT2D eigenvalue weighted by Crippen LogP contribution is 2.26. The molecule has 0 spiro atoms. The molecule has 1 aromatic carbocycles. The van der Waals surface area contributed by atoms with Crippen LogP contribution in [0.2, 0.25) is 0 Å². The molecule has 0 aliphatic heterocycles. The van der Waals surface area contributed by atoms with Crippen molar-refractivity contribution < 1.29 is 14.0 Å². The van der Waals surface area contributed by atoms with Crippen LogP contribution in [-0.2, 0) is 11.3 Å². The zero-order valence-electron chi connectivity index (χ0n) is 16.8. The first-order valence-corrected chi connectivity index (χ1v) is 11.0. The Bertz CT molecular complexity index is 1010. The van der Waals surface area contributed by atoms with Gasteiger partial charge in [-0.2, -0.15) is 0 Å². The molecule has 1 aliphatic rings. The lowest BCUT2D eigenvalue weighted by Gasteiger charge is -2.31. The molecule has 1 N–H and O–H groups in total. The minimum Gasteiger partial charge on any atom is -0.351 e. The molecule has 9 heteroatoms. The highest BCUT2D eigenvalue weighted by molar-refractivity contribution is 7.03. The highest BCUT2D eigenvalue weighted by Gasteiger charge is 2.35. The summed E-state index contributed by atoms with van der Waals surface area (Å²) in [5, 5.41) is 8.53. The molecule has 1 saturated carbocycles. The Hall–Kier alpha value is -3.20. The van der Waals surface area contributed by atoms with Crippen molar-refractivity contribution in [2.45, 2.75) is 44.3 Å². The molecule has 1 fully saturated rings. The number of nitrogens with one attached hydrogen (secondary N) is 1. The Kier molecular flexibility index (Phi) is 6.61. The van der Waals surface area contributed by atoms with Crippen molar-refractivity contribution in [1.29, 1.82) is 0 Å². The van der Waals surface area contributed by atoms with Crippen LogP contribution < -0.4 is 5.32 Å². The molecule has 0 unspecified atom stereocenters. The van der Waals surface area contributed by atoms with E-state index in [0.717, 1.165) is 37.2 Å². The van der Waals surface area contributed by atoms with Crippen LogP contribution in [0, 0.1) is 5.82 Å². The van der Waals surface area contributed by atoms with Crippen LogP contribution in [0.3, 0.4) is 0 Å². The molecule has 0 radical (unpaired) electrons. The maximum absolute atomic E-state index is 13.4. The number of hydrogen-bond donors (Lipinski definition) is 1. The number of pyridine rings is 1. The number of rotatable bonds is 7. The van der Waals surface area contributed by atoms with Crippen molar-refractivity contribution in [1.82, 2.24) is 24.8 Å². The van der Waals surface area contributed by atoms with Gasteiger partial charge in [0, 0.05) is 24.2 Å². The lowest BCUT2D eigenvalue weighted by molar-refractivity contribution is -0.127. The van der Waals surface area contributed by atoms with Crippen LogP contribution in [0.4, 0.5) is 4.39 Å². The summed E-state index contributed by atoms with van der Waals surface area (Å²) in [6, 6.07) is 10.2. The third kappa shape index (κ3) is 5.11. The van der Waals surface area contributed by atoms with E-state index in [4.69, 9.17) is 0 Å². The second kappa shape index (κ2) is 9.74. The van der Waals surface area contributed by atoms with E-state index in [-0.39, 0.29) is 30.0 Å². The normalized spacial score (nSPS) is 14.9. The summed E-state index contributed by atoms with van der Waals surface area (Å²) in [6.45, 7) is 0.0932. The van der Waals surface area contributed by atoms with Crippen LogP contribution in [0.1, 0.15) is 53.5 Å². The van der Waals surface area contributed by atoms with Gasteiger partial charge in [0.15, 0.2) is 11.7 Å². The number of carbonyl (C=O) groups excluding carboxylic acids is 2. The van der Waals surface area contributed by atoms with Crippen LogP contribution in [-0.4, -0.2) is 37.3 Å². The van der Waals surface area contributed by atoms with E-state index in [9.17, 15) is 14.0 Å². The SMILES string of the molecule is O=C(NC1CCCC1)[C@@H](c1ccccn1)N(Cc1ccc(F)cc1)C(=O)c1csnn1. The molecule has 3 aromatic rings. The lowest BCUT2D eigenvalue weighted by atomic mass is 10.1. The van der Waals surface area contributed by atoms with Gasteiger partial charge in [-0.1, -0.05) is 35.5 Å². The average molecular weight is 440 g/mol. The lowest BCUT2D eigenvalue weighted by Crippen LogP contribution is -2.46. The number of aromatic nitrogens is 3. The van der Waals surface area contributed by atoms with E-state index in [0.29, 0.717) is 11.3 Å². The van der Waals surface area contributed by atoms with E-state index in [1.807, 2.05) is 0 Å². The number of amides is 2. The number of halogens is 1. The van der Waals surface area contributed by atoms with E-state index in [1.165, 1.54) is 17.0 Å². The van der Waals surface area contributed by atoms with Crippen LogP contribution in [0.25, 0.3) is 0 Å². The number of nitrogens with zero attached hydrogens (tertiary/aromatic N) is 4. The van der Waals surface area contributed by atoms with Gasteiger partial charge in [0.1, 0.15) is 5.82 Å². The van der Waals surface area contributed by atoms with Gasteiger partial charge in [0.25, 0.3) is 5.91 Å². The number of benzene rings is 1. The molecule has 160 valence electrons. The van der Waals surface area contributed by atoms with Gasteiger partial charge in [0.05, 0.1) is 5.69 Å². The van der Waals surface area contributed by atoms with Crippen LogP contribution in [0.5, 0.6) is 0 Å². The van der Waals surface area contributed by atoms with Crippen LogP contribution in [0.15, 0.2) is 54.0 Å². The minimum atomic E-state index is -0.957. The summed E-state index contributed by atoms with van der Waals surface area (Å²) in [6.07, 6.45) is 5.57. The second-order valence-electron chi connectivity index (χ2n) is 7.50. The van der Waals surface area contributed by atoms with Gasteiger partial charge in [0.2, 0.25) is 5.91 Å². The van der Waals surface area contributed by atoms with Gasteiger partial charge < -0.3 is 10.2 Å². The van der Waals surface area contributed by atoms with E-state index >= 15 is 0 Å². The quantitative estimate of drug-likeness (QED) is 0.609. The Morgan fingerprint density at radius 2 is 1.94 bits per heavy atom. The van der Waals surface area contributed by atoms with E-state index in [1.54, 1.807) is 41.9 Å². The predicted molar refractivity (Wildman–Crippen MR) is 114 cm³/mol. The molecule has 2 aromatic heterocycles. The van der Waals surface area contributed by atoms with Gasteiger partial charge in [-0.15, -0.1) is 5.10 Å². The highest BCUT2D eigenvalue weighted by atomic mass is 32.1. The molecule has 31 heavy (non-hydrogen) atoms. The molecule has 4 rings (SSSR count). The summed E-state index contributed by atoms with van der Waals surface area (Å²) in [4.78, 5) is 32.6. The second-order valence-corrected chi connectivity index (χ2v) is 8.11. The zero-order valence-corrected chi connectivity index (χ0v) is 17.6. The molecule has 2 amide bonds. The first-order valence-electron chi connectivity index (χ1n) is 10.2. The van der Waals surface area contributed by atoms with E-state index in [2.05, 4.69) is 19.9 Å². The first-order chi connectivity index (χ1) is 15.1. The standard InChI is InChI=1S/C22H22FN5O2S/c23-16-10-8-15(9-11-16)13-28(22(30)19-14-31-27-26-19)20(18-7-3-4-12-24-18)21(29)25-17-5-1-2-6-17/h3-4,7-12,14,17,20H,1-2,5-6,13H2,(H,25,29)/t20-/m1/s1. The molecule has 0 bridgehead atoms. The molecular formula is C22H22FN5O2S. The van der Waals surface area contributed by atoms with Gasteiger partial charge in [-0.3, -0.25) is 14.6 Å². The number of carbonyl (C=O) groups is 2. The largest absolute Gasteiger partial charge is 0.351 e. The fourth-order valence-electron chi connectivity index (χ4n) is 3.80.